The van der Waals surface area contributed by atoms with Crippen molar-refractivity contribution < 1.29 is 42.5 Å². The van der Waals surface area contributed by atoms with Crippen molar-refractivity contribution in [1.29, 1.82) is 0 Å². The molecule has 0 aromatic carbocycles. The van der Waals surface area contributed by atoms with Gasteiger partial charge in [0.1, 0.15) is 6.10 Å². The number of carboxylic acid groups (broad SMARTS) is 1. The molecule has 0 aliphatic rings. The summed E-state index contributed by atoms with van der Waals surface area (Å²) in [4.78, 5) is 9.78. The summed E-state index contributed by atoms with van der Waals surface area (Å²) < 4.78 is 0. The molecule has 8 heteroatoms. The number of aliphatic carboxylic acids is 1. The fourth-order valence-corrected chi connectivity index (χ4v) is 0.336. The van der Waals surface area contributed by atoms with Gasteiger partial charge in [-0.1, -0.05) is 0 Å². The maximum atomic E-state index is 9.78. The zero-order valence-corrected chi connectivity index (χ0v) is 7.73. The summed E-state index contributed by atoms with van der Waals surface area (Å²) in [6.07, 6.45) is -1.97. The van der Waals surface area contributed by atoms with Gasteiger partial charge in [0, 0.05) is 22.4 Å². The molecule has 0 rings (SSSR count). The van der Waals surface area contributed by atoms with E-state index in [1.165, 1.54) is 0 Å². The second-order valence-electron chi connectivity index (χ2n) is 1.45. The first kappa shape index (κ1) is 23.7. The van der Waals surface area contributed by atoms with Crippen LogP contribution >= 0.6 is 12.2 Å². The minimum absolute atomic E-state index is 0. The summed E-state index contributed by atoms with van der Waals surface area (Å²) >= 11 is 4.08. The molecule has 0 spiro atoms. The Balaban J connectivity index is -0.000000107. The summed E-state index contributed by atoms with van der Waals surface area (Å²) in [6, 6.07) is 0. The Labute approximate surface area is 135 Å². The molecule has 4 nitrogen and oxygen atoms in total. The number of aliphatic hydroxyl groups excluding tert-OH is 2. The van der Waals surface area contributed by atoms with E-state index in [1.54, 1.807) is 0 Å². The molecule has 12 heavy (non-hydrogen) atoms. The van der Waals surface area contributed by atoms with Gasteiger partial charge in [-0.15, -0.1) is 0 Å². The molecule has 0 fully saturated rings. The predicted octanol–water partition coefficient (Wildman–Crippen LogP) is -1.59. The van der Waals surface area contributed by atoms with Gasteiger partial charge < -0.3 is 15.3 Å². The molecule has 0 aliphatic heterocycles. The molecule has 0 bridgehead atoms. The molecule has 1 radical (unpaired) electrons. The van der Waals surface area contributed by atoms with Gasteiger partial charge >= 0.3 is 65.1 Å². The van der Waals surface area contributed by atoms with Crippen LogP contribution in [0, 0.1) is 0 Å². The number of carbonyl (C=O) groups is 1. The van der Waals surface area contributed by atoms with Crippen molar-refractivity contribution >= 4 is 82.4 Å². The van der Waals surface area contributed by atoms with Crippen molar-refractivity contribution in [2.45, 2.75) is 12.5 Å². The molecule has 1 unspecified atom stereocenters. The molecule has 3 N–H and O–H groups in total. The van der Waals surface area contributed by atoms with Crippen LogP contribution in [0.1, 0.15) is 6.42 Å². The third kappa shape index (κ3) is 14.6. The maximum absolute atomic E-state index is 9.78. The van der Waals surface area contributed by atoms with Gasteiger partial charge in [0.25, 0.3) is 0 Å². The topological polar surface area (TPSA) is 77.8 Å². The molecule has 0 heterocycles. The van der Waals surface area contributed by atoms with Crippen molar-refractivity contribution in [1.82, 2.24) is 0 Å². The summed E-state index contributed by atoms with van der Waals surface area (Å²) in [5, 5.41) is 24.1. The van der Waals surface area contributed by atoms with E-state index < -0.39 is 23.5 Å². The second-order valence-corrected chi connectivity index (χ2v) is 1.87. The number of hydrogen-bond acceptors (Lipinski definition) is 3. The van der Waals surface area contributed by atoms with Gasteiger partial charge in [-0.3, -0.25) is 4.79 Å². The average molecular weight is 395 g/mol. The van der Waals surface area contributed by atoms with E-state index >= 15 is 0 Å². The Morgan fingerprint density at radius 3 is 1.75 bits per heavy atom. The molecule has 0 aromatic rings. The van der Waals surface area contributed by atoms with E-state index in [2.05, 4.69) is 12.2 Å². The van der Waals surface area contributed by atoms with Crippen LogP contribution in [0.25, 0.3) is 0 Å². The van der Waals surface area contributed by atoms with Gasteiger partial charge in [0.15, 0.2) is 5.05 Å². The van der Waals surface area contributed by atoms with Crippen molar-refractivity contribution in [3.05, 3.63) is 0 Å². The van der Waals surface area contributed by atoms with Gasteiger partial charge in [-0.2, -0.15) is 0 Å². The van der Waals surface area contributed by atoms with Crippen LogP contribution < -0.4 is 0 Å². The predicted molar refractivity (Wildman–Crippen MR) is 47.8 cm³/mol. The van der Waals surface area contributed by atoms with Crippen LogP contribution in [0.15, 0.2) is 0 Å². The van der Waals surface area contributed by atoms with E-state index in [4.69, 9.17) is 15.3 Å². The standard InChI is InChI=1S/C4H6O4S.Au.2Na.2H/c5-2(4(8)9)1-3(6)7;;;;;/h2,5H,1H2,(H,6,7)(H,8,9);;;;;. The molecule has 0 aromatic heterocycles. The van der Waals surface area contributed by atoms with Crippen LogP contribution in [0.4, 0.5) is 0 Å². The van der Waals surface area contributed by atoms with E-state index in [0.717, 1.165) is 0 Å². The minimum atomic E-state index is -1.42. The Morgan fingerprint density at radius 2 is 1.67 bits per heavy atom. The molecular weight excluding hydrogens is 387 g/mol. The van der Waals surface area contributed by atoms with Gasteiger partial charge in [0.05, 0.1) is 6.42 Å². The van der Waals surface area contributed by atoms with Crippen LogP contribution in [-0.2, 0) is 27.2 Å². The third-order valence-electron chi connectivity index (χ3n) is 0.653. The SMILES string of the molecule is O=C(O)CC(O)C(O)=S.[Au].[NaH].[NaH]. The zero-order chi connectivity index (χ0) is 7.44. The van der Waals surface area contributed by atoms with Crippen molar-refractivity contribution in [3.8, 4) is 0 Å². The summed E-state index contributed by atoms with van der Waals surface area (Å²) in [5.41, 5.74) is 0. The summed E-state index contributed by atoms with van der Waals surface area (Å²) in [5.74, 6) is -1.20. The summed E-state index contributed by atoms with van der Waals surface area (Å²) in [6.45, 7) is 0. The van der Waals surface area contributed by atoms with Crippen LogP contribution in [-0.4, -0.2) is 91.6 Å². The molecule has 1 atom stereocenters. The Hall–Kier alpha value is 2.06. The number of carboxylic acids is 1. The number of hydrogen-bond donors (Lipinski definition) is 3. The Bertz CT molecular complexity index is 145. The number of aliphatic hydroxyl groups is 2. The fraction of sp³-hybridized carbons (Fsp3) is 0.500. The molecule has 0 amide bonds. The van der Waals surface area contributed by atoms with Gasteiger partial charge in [-0.05, 0) is 12.2 Å². The molecule has 0 saturated heterocycles. The fourth-order valence-electron chi connectivity index (χ4n) is 0.253. The van der Waals surface area contributed by atoms with Gasteiger partial charge in [0.2, 0.25) is 0 Å². The van der Waals surface area contributed by atoms with Crippen LogP contribution in [0.2, 0.25) is 0 Å². The number of rotatable bonds is 3. The Kier molecular flexibility index (Phi) is 25.8. The molecule has 67 valence electrons. The van der Waals surface area contributed by atoms with Crippen LogP contribution in [0.5, 0.6) is 0 Å². The van der Waals surface area contributed by atoms with Gasteiger partial charge in [-0.25, -0.2) is 0 Å². The number of thiocarbonyl (C=S) groups is 1. The van der Waals surface area contributed by atoms with Crippen molar-refractivity contribution in [2.75, 3.05) is 0 Å². The monoisotopic (exact) mass is 395 g/mol. The normalized spacial score (nSPS) is 9.42. The molecule has 0 saturated carbocycles. The first-order valence-corrected chi connectivity index (χ1v) is 2.57. The first-order chi connectivity index (χ1) is 4.04. The van der Waals surface area contributed by atoms with Crippen molar-refractivity contribution in [3.63, 3.8) is 0 Å². The quantitative estimate of drug-likeness (QED) is 0.397. The van der Waals surface area contributed by atoms with E-state index in [0.29, 0.717) is 0 Å². The van der Waals surface area contributed by atoms with E-state index in [1.807, 2.05) is 0 Å². The van der Waals surface area contributed by atoms with E-state index in [-0.39, 0.29) is 81.5 Å². The van der Waals surface area contributed by atoms with Crippen molar-refractivity contribution in [2.24, 2.45) is 0 Å². The first-order valence-electron chi connectivity index (χ1n) is 2.16. The summed E-state index contributed by atoms with van der Waals surface area (Å²) in [7, 11) is 0. The molecule has 0 aliphatic carbocycles. The molecular formula is C4H8AuNa2O4S. The zero-order valence-electron chi connectivity index (χ0n) is 4.74. The van der Waals surface area contributed by atoms with E-state index in [9.17, 15) is 4.79 Å². The van der Waals surface area contributed by atoms with Crippen LogP contribution in [0.3, 0.4) is 0 Å². The average Bonchev–Trinajstić information content (AvgIpc) is 1.63. The second kappa shape index (κ2) is 13.1. The third-order valence-corrected chi connectivity index (χ3v) is 0.925. The Morgan fingerprint density at radius 1 is 1.33 bits per heavy atom.